The predicted molar refractivity (Wildman–Crippen MR) is 135 cm³/mol. The van der Waals surface area contributed by atoms with Gasteiger partial charge in [-0.05, 0) is 32.9 Å². The lowest BCUT2D eigenvalue weighted by atomic mass is 10.2. The third kappa shape index (κ3) is 3.86. The first kappa shape index (κ1) is 21.9. The van der Waals surface area contributed by atoms with Crippen molar-refractivity contribution in [3.8, 4) is 11.8 Å². The van der Waals surface area contributed by atoms with Crippen molar-refractivity contribution in [2.45, 2.75) is 33.4 Å². The van der Waals surface area contributed by atoms with Crippen LogP contribution in [0.2, 0.25) is 0 Å². The van der Waals surface area contributed by atoms with Crippen LogP contribution in [-0.2, 0) is 13.1 Å². The number of hydrogen-bond acceptors (Lipinski definition) is 7. The summed E-state index contributed by atoms with van der Waals surface area (Å²) in [5.41, 5.74) is 9.65. The Morgan fingerprint density at radius 1 is 1.18 bits per heavy atom. The van der Waals surface area contributed by atoms with Crippen molar-refractivity contribution < 1.29 is 0 Å². The molecular formula is C25H28N8O. The Hall–Kier alpha value is -3.90. The van der Waals surface area contributed by atoms with E-state index >= 15 is 0 Å². The molecule has 1 saturated heterocycles. The Labute approximate surface area is 197 Å². The van der Waals surface area contributed by atoms with Crippen molar-refractivity contribution >= 4 is 33.4 Å². The van der Waals surface area contributed by atoms with Gasteiger partial charge < -0.3 is 20.5 Å². The van der Waals surface area contributed by atoms with Gasteiger partial charge in [0.2, 0.25) is 0 Å². The standard InChI is InChI=1S/C25H28N8O/c1-3-4-13-33-23-22(21(26)24(33)31-12-7-10-27-11-14-31)28-16-32(25(23)34)15-20-29-17(2)18-8-5-6-9-19(18)30-20/h5-6,8-9,16,27H,7,10-15,26H2,1-2H3. The molecule has 5 rings (SSSR count). The number of nitrogens with one attached hydrogen (secondary N) is 1. The van der Waals surface area contributed by atoms with E-state index in [0.717, 1.165) is 55.0 Å². The highest BCUT2D eigenvalue weighted by atomic mass is 16.1. The summed E-state index contributed by atoms with van der Waals surface area (Å²) in [7, 11) is 0. The summed E-state index contributed by atoms with van der Waals surface area (Å²) in [6.45, 7) is 7.81. The van der Waals surface area contributed by atoms with Crippen LogP contribution in [0.4, 0.5) is 11.5 Å². The molecule has 0 atom stereocenters. The predicted octanol–water partition coefficient (Wildman–Crippen LogP) is 1.90. The lowest BCUT2D eigenvalue weighted by Gasteiger charge is -2.24. The zero-order valence-electron chi connectivity index (χ0n) is 19.5. The van der Waals surface area contributed by atoms with Gasteiger partial charge in [0.15, 0.2) is 0 Å². The van der Waals surface area contributed by atoms with Gasteiger partial charge in [0, 0.05) is 30.7 Å². The Balaban J connectivity index is 1.63. The number of aryl methyl sites for hydroxylation is 1. The van der Waals surface area contributed by atoms with E-state index in [1.54, 1.807) is 17.8 Å². The third-order valence-corrected chi connectivity index (χ3v) is 6.24. The highest BCUT2D eigenvalue weighted by Gasteiger charge is 2.24. The second-order valence-corrected chi connectivity index (χ2v) is 8.46. The SMILES string of the molecule is CC#CCn1c(N2CCCNCC2)c(N)c2ncn(Cc3nc(C)c4ccccc4n3)c(=O)c21. The minimum Gasteiger partial charge on any atom is -0.394 e. The molecule has 1 aromatic carbocycles. The number of benzene rings is 1. The van der Waals surface area contributed by atoms with E-state index in [9.17, 15) is 4.79 Å². The molecule has 174 valence electrons. The normalized spacial score (nSPS) is 14.2. The Kier molecular flexibility index (Phi) is 5.90. The van der Waals surface area contributed by atoms with Crippen LogP contribution in [0.1, 0.15) is 24.9 Å². The monoisotopic (exact) mass is 456 g/mol. The van der Waals surface area contributed by atoms with E-state index in [1.807, 2.05) is 35.8 Å². The molecule has 1 aliphatic rings. The molecule has 0 amide bonds. The fraction of sp³-hybridized carbons (Fsp3) is 0.360. The lowest BCUT2D eigenvalue weighted by molar-refractivity contribution is 0.698. The highest BCUT2D eigenvalue weighted by Crippen LogP contribution is 2.33. The minimum atomic E-state index is -0.178. The Bertz CT molecular complexity index is 1480. The van der Waals surface area contributed by atoms with Crippen LogP contribution in [0.15, 0.2) is 35.4 Å². The average molecular weight is 457 g/mol. The number of rotatable bonds is 4. The molecule has 4 heterocycles. The molecule has 1 aliphatic heterocycles. The summed E-state index contributed by atoms with van der Waals surface area (Å²) in [6.07, 6.45) is 2.54. The summed E-state index contributed by atoms with van der Waals surface area (Å²) >= 11 is 0. The van der Waals surface area contributed by atoms with Gasteiger partial charge in [-0.15, -0.1) is 5.92 Å². The van der Waals surface area contributed by atoms with Crippen LogP contribution >= 0.6 is 0 Å². The molecule has 0 saturated carbocycles. The first-order chi connectivity index (χ1) is 16.6. The third-order valence-electron chi connectivity index (χ3n) is 6.24. The topological polar surface area (TPSA) is 107 Å². The number of para-hydroxylation sites is 1. The Morgan fingerprint density at radius 2 is 2.03 bits per heavy atom. The van der Waals surface area contributed by atoms with Crippen LogP contribution in [0.3, 0.4) is 0 Å². The van der Waals surface area contributed by atoms with Gasteiger partial charge in [0.05, 0.1) is 24.9 Å². The molecule has 4 aromatic rings. The molecule has 34 heavy (non-hydrogen) atoms. The molecule has 3 aromatic heterocycles. The molecule has 3 N–H and O–H groups in total. The second-order valence-electron chi connectivity index (χ2n) is 8.46. The van der Waals surface area contributed by atoms with Crippen molar-refractivity contribution in [3.05, 3.63) is 52.5 Å². The van der Waals surface area contributed by atoms with E-state index in [4.69, 9.17) is 5.73 Å². The van der Waals surface area contributed by atoms with Crippen molar-refractivity contribution in [3.63, 3.8) is 0 Å². The summed E-state index contributed by atoms with van der Waals surface area (Å²) in [5.74, 6) is 7.43. The summed E-state index contributed by atoms with van der Waals surface area (Å²) < 4.78 is 3.47. The highest BCUT2D eigenvalue weighted by molar-refractivity contribution is 5.96. The van der Waals surface area contributed by atoms with E-state index in [-0.39, 0.29) is 12.1 Å². The van der Waals surface area contributed by atoms with Gasteiger partial charge in [0.1, 0.15) is 28.4 Å². The summed E-state index contributed by atoms with van der Waals surface area (Å²) in [6, 6.07) is 7.87. The van der Waals surface area contributed by atoms with Crippen molar-refractivity contribution in [1.29, 1.82) is 0 Å². The molecule has 0 radical (unpaired) electrons. The average Bonchev–Trinajstić information content (AvgIpc) is 2.98. The lowest BCUT2D eigenvalue weighted by Crippen LogP contribution is -2.31. The van der Waals surface area contributed by atoms with E-state index < -0.39 is 0 Å². The summed E-state index contributed by atoms with van der Waals surface area (Å²) in [5, 5.41) is 4.42. The van der Waals surface area contributed by atoms with Gasteiger partial charge in [-0.3, -0.25) is 9.36 Å². The molecule has 0 unspecified atom stereocenters. The maximum atomic E-state index is 13.7. The molecule has 1 fully saturated rings. The quantitative estimate of drug-likeness (QED) is 0.452. The smallest absolute Gasteiger partial charge is 0.278 e. The maximum Gasteiger partial charge on any atom is 0.278 e. The van der Waals surface area contributed by atoms with E-state index in [0.29, 0.717) is 29.1 Å². The fourth-order valence-corrected chi connectivity index (χ4v) is 4.62. The van der Waals surface area contributed by atoms with Crippen LogP contribution < -0.4 is 21.5 Å². The molecule has 0 bridgehead atoms. The number of anilines is 2. The molecular weight excluding hydrogens is 428 g/mol. The zero-order chi connectivity index (χ0) is 23.7. The van der Waals surface area contributed by atoms with Crippen LogP contribution in [0, 0.1) is 18.8 Å². The van der Waals surface area contributed by atoms with Gasteiger partial charge in [-0.25, -0.2) is 15.0 Å². The van der Waals surface area contributed by atoms with Crippen LogP contribution in [-0.4, -0.2) is 50.3 Å². The molecule has 0 spiro atoms. The van der Waals surface area contributed by atoms with Gasteiger partial charge in [0.25, 0.3) is 5.56 Å². The number of nitrogens with two attached hydrogens (primary N) is 1. The molecule has 9 heteroatoms. The number of nitrogen functional groups attached to an aromatic ring is 1. The number of nitrogens with zero attached hydrogens (tertiary/aromatic N) is 6. The fourth-order valence-electron chi connectivity index (χ4n) is 4.62. The van der Waals surface area contributed by atoms with Crippen LogP contribution in [0.5, 0.6) is 0 Å². The molecule has 0 aliphatic carbocycles. The first-order valence-corrected chi connectivity index (χ1v) is 11.5. The minimum absolute atomic E-state index is 0.178. The van der Waals surface area contributed by atoms with Crippen LogP contribution in [0.25, 0.3) is 21.9 Å². The van der Waals surface area contributed by atoms with Gasteiger partial charge in [-0.1, -0.05) is 24.1 Å². The zero-order valence-corrected chi connectivity index (χ0v) is 19.5. The maximum absolute atomic E-state index is 13.7. The van der Waals surface area contributed by atoms with Crippen molar-refractivity contribution in [2.24, 2.45) is 0 Å². The first-order valence-electron chi connectivity index (χ1n) is 11.5. The summed E-state index contributed by atoms with van der Waals surface area (Å²) in [4.78, 5) is 29.8. The number of hydrogen-bond donors (Lipinski definition) is 2. The van der Waals surface area contributed by atoms with Crippen molar-refractivity contribution in [1.82, 2.24) is 29.4 Å². The number of fused-ring (bicyclic) bond motifs is 2. The van der Waals surface area contributed by atoms with Gasteiger partial charge in [-0.2, -0.15) is 0 Å². The van der Waals surface area contributed by atoms with E-state index in [1.165, 1.54) is 0 Å². The van der Waals surface area contributed by atoms with E-state index in [2.05, 4.69) is 37.0 Å². The van der Waals surface area contributed by atoms with Crippen molar-refractivity contribution in [2.75, 3.05) is 36.8 Å². The second kappa shape index (κ2) is 9.15. The largest absolute Gasteiger partial charge is 0.394 e. The Morgan fingerprint density at radius 3 is 2.88 bits per heavy atom. The number of aromatic nitrogens is 5. The molecule has 9 nitrogen and oxygen atoms in total. The van der Waals surface area contributed by atoms with Gasteiger partial charge >= 0.3 is 0 Å².